The standard InChI is InChI=1S/2C13H9.CH2.2ClH.Zr/c2*1-2-6-12-10(4-1)8-9-11-5-3-7-13(11)12;;;;/h2*1-9H;1H2;2*1H;/q2*-1;;;;+2/p-2. The van der Waals surface area contributed by atoms with E-state index >= 15 is 0 Å². The van der Waals surface area contributed by atoms with E-state index in [1.165, 1.54) is 67.3 Å². The van der Waals surface area contributed by atoms with E-state index < -0.39 is 0 Å². The topological polar surface area (TPSA) is 0 Å². The molecule has 0 heterocycles. The maximum Gasteiger partial charge on any atom is -0.0606 e. The molecule has 3 heteroatoms. The molecule has 0 aromatic heterocycles. The zero-order chi connectivity index (χ0) is 19.3. The van der Waals surface area contributed by atoms with Gasteiger partial charge in [-0.2, -0.15) is 24.3 Å². The average molecular weight is 507 g/mol. The number of benzene rings is 4. The molecule has 6 aromatic rings. The molecule has 6 rings (SSSR count). The molecule has 6 aromatic carbocycles. The van der Waals surface area contributed by atoms with Crippen molar-refractivity contribution in [2.75, 3.05) is 0 Å². The molecule has 0 atom stereocenters. The van der Waals surface area contributed by atoms with Gasteiger partial charge in [-0.05, 0) is 0 Å². The van der Waals surface area contributed by atoms with Crippen LogP contribution in [0.3, 0.4) is 0 Å². The van der Waals surface area contributed by atoms with Crippen molar-refractivity contribution in [3.63, 3.8) is 0 Å². The maximum absolute atomic E-state index is 3.34. The molecule has 0 radical (unpaired) electrons. The van der Waals surface area contributed by atoms with Crippen molar-refractivity contribution < 1.29 is 49.0 Å². The van der Waals surface area contributed by atoms with Crippen LogP contribution in [-0.4, -0.2) is 4.21 Å². The van der Waals surface area contributed by atoms with Gasteiger partial charge in [0.15, 0.2) is 0 Å². The molecular weight excluding hydrogens is 486 g/mol. The molecule has 30 heavy (non-hydrogen) atoms. The van der Waals surface area contributed by atoms with E-state index in [1.54, 1.807) is 0 Å². The van der Waals surface area contributed by atoms with Gasteiger partial charge in [0.1, 0.15) is 0 Å². The van der Waals surface area contributed by atoms with Crippen LogP contribution in [0.15, 0.2) is 109 Å². The van der Waals surface area contributed by atoms with Gasteiger partial charge < -0.3 is 24.8 Å². The van der Waals surface area contributed by atoms with E-state index in [1.807, 2.05) is 0 Å². The van der Waals surface area contributed by atoms with E-state index in [-0.39, 0.29) is 24.8 Å². The van der Waals surface area contributed by atoms with Gasteiger partial charge in [0.2, 0.25) is 0 Å². The fourth-order valence-electron chi connectivity index (χ4n) is 3.78. The quantitative estimate of drug-likeness (QED) is 0.273. The first-order valence-electron chi connectivity index (χ1n) is 9.32. The first kappa shape index (κ1) is 24.2. The van der Waals surface area contributed by atoms with Crippen LogP contribution in [0.2, 0.25) is 0 Å². The molecular formula is C27H20Cl2Zr-2. The van der Waals surface area contributed by atoms with Crippen LogP contribution in [-0.2, 0) is 24.2 Å². The second-order valence-electron chi connectivity index (χ2n) is 6.63. The van der Waals surface area contributed by atoms with Crippen LogP contribution >= 0.6 is 0 Å². The Morgan fingerprint density at radius 3 is 1.27 bits per heavy atom. The van der Waals surface area contributed by atoms with Gasteiger partial charge in [-0.15, -0.1) is 45.8 Å². The van der Waals surface area contributed by atoms with Gasteiger partial charge in [-0.1, -0.05) is 82.2 Å². The minimum absolute atomic E-state index is 0. The first-order chi connectivity index (χ1) is 13.9. The van der Waals surface area contributed by atoms with Crippen LogP contribution in [0, 0.1) is 0 Å². The number of hydrogen-bond donors (Lipinski definition) is 0. The largest absolute Gasteiger partial charge is 1.00 e. The Morgan fingerprint density at radius 1 is 0.467 bits per heavy atom. The van der Waals surface area contributed by atoms with Gasteiger partial charge in [0.25, 0.3) is 0 Å². The average Bonchev–Trinajstić information content (AvgIpc) is 3.45. The van der Waals surface area contributed by atoms with E-state index in [9.17, 15) is 0 Å². The predicted molar refractivity (Wildman–Crippen MR) is 121 cm³/mol. The van der Waals surface area contributed by atoms with E-state index in [2.05, 4.69) is 113 Å². The second kappa shape index (κ2) is 11.4. The fourth-order valence-corrected chi connectivity index (χ4v) is 3.78. The van der Waals surface area contributed by atoms with Gasteiger partial charge in [0.05, 0.1) is 0 Å². The summed E-state index contributed by atoms with van der Waals surface area (Å²) < 4.78 is 3.34. The van der Waals surface area contributed by atoms with Gasteiger partial charge in [0, 0.05) is 0 Å². The number of fused-ring (bicyclic) bond motifs is 6. The van der Waals surface area contributed by atoms with Crippen LogP contribution in [0.25, 0.3) is 43.1 Å². The van der Waals surface area contributed by atoms with Crippen LogP contribution < -0.4 is 24.8 Å². The molecule has 0 spiro atoms. The smallest absolute Gasteiger partial charge is 0.0606 e. The van der Waals surface area contributed by atoms with Crippen LogP contribution in [0.1, 0.15) is 0 Å². The molecule has 0 nitrogen and oxygen atoms in total. The summed E-state index contributed by atoms with van der Waals surface area (Å²) >= 11 is 1.30. The molecule has 0 aliphatic carbocycles. The summed E-state index contributed by atoms with van der Waals surface area (Å²) in [7, 11) is 0. The maximum atomic E-state index is 3.34. The molecule has 0 saturated heterocycles. The van der Waals surface area contributed by atoms with Crippen molar-refractivity contribution in [3.05, 3.63) is 109 Å². The van der Waals surface area contributed by atoms with Gasteiger partial charge in [-0.3, -0.25) is 0 Å². The molecule has 0 aliphatic heterocycles. The van der Waals surface area contributed by atoms with Crippen molar-refractivity contribution >= 4 is 47.3 Å². The van der Waals surface area contributed by atoms with Crippen molar-refractivity contribution in [1.29, 1.82) is 0 Å². The zero-order valence-electron chi connectivity index (χ0n) is 16.4. The number of rotatable bonds is 0. The molecule has 0 fully saturated rings. The van der Waals surface area contributed by atoms with E-state index in [0.717, 1.165) is 0 Å². The normalized spacial score (nSPS) is 9.80. The molecule has 0 saturated carbocycles. The van der Waals surface area contributed by atoms with E-state index in [0.29, 0.717) is 0 Å². The van der Waals surface area contributed by atoms with Crippen molar-refractivity contribution in [3.8, 4) is 0 Å². The first-order valence-corrected chi connectivity index (χ1v) is 11.1. The van der Waals surface area contributed by atoms with Crippen LogP contribution in [0.4, 0.5) is 0 Å². The van der Waals surface area contributed by atoms with Crippen LogP contribution in [0.5, 0.6) is 0 Å². The molecule has 148 valence electrons. The molecule has 0 bridgehead atoms. The summed E-state index contributed by atoms with van der Waals surface area (Å²) in [5.74, 6) is 0. The minimum Gasteiger partial charge on any atom is -1.00 e. The Bertz CT molecular complexity index is 1260. The number of hydrogen-bond acceptors (Lipinski definition) is 0. The Labute approximate surface area is 204 Å². The molecule has 0 amide bonds. The minimum atomic E-state index is 0. The molecule has 0 aliphatic rings. The molecule has 0 N–H and O–H groups in total. The Balaban J connectivity index is 0.000000186. The SMILES string of the molecule is [CH2]=[Zr+2].[Cl-].[Cl-].c1ccc2c(c1)ccc1cc[cH-]c12.c1ccc2c(c1)ccc1cc[cH-]c12. The summed E-state index contributed by atoms with van der Waals surface area (Å²) in [5.41, 5.74) is 0. The predicted octanol–water partition coefficient (Wildman–Crippen LogP) is 1.40. The van der Waals surface area contributed by atoms with Crippen molar-refractivity contribution in [1.82, 2.24) is 0 Å². The Morgan fingerprint density at radius 2 is 0.833 bits per heavy atom. The number of halogens is 2. The molecule has 0 unspecified atom stereocenters. The third-order valence-corrected chi connectivity index (χ3v) is 5.09. The second-order valence-corrected chi connectivity index (χ2v) is 6.63. The van der Waals surface area contributed by atoms with Gasteiger partial charge >= 0.3 is 28.4 Å². The van der Waals surface area contributed by atoms with Crippen molar-refractivity contribution in [2.45, 2.75) is 0 Å². The summed E-state index contributed by atoms with van der Waals surface area (Å²) in [6.45, 7) is 0. The summed E-state index contributed by atoms with van der Waals surface area (Å²) in [4.78, 5) is 0. The zero-order valence-corrected chi connectivity index (χ0v) is 20.3. The summed E-state index contributed by atoms with van der Waals surface area (Å²) in [6.07, 6.45) is 0. The third-order valence-electron chi connectivity index (χ3n) is 5.09. The fraction of sp³-hybridized carbons (Fsp3) is 0. The van der Waals surface area contributed by atoms with Crippen molar-refractivity contribution in [2.24, 2.45) is 0 Å². The Kier molecular flexibility index (Phi) is 9.18. The summed E-state index contributed by atoms with van der Waals surface area (Å²) in [6, 6.07) is 38.6. The summed E-state index contributed by atoms with van der Waals surface area (Å²) in [5, 5.41) is 10.7. The van der Waals surface area contributed by atoms with E-state index in [4.69, 9.17) is 0 Å². The monoisotopic (exact) mass is 504 g/mol. The Hall–Kier alpha value is -2.05. The van der Waals surface area contributed by atoms with Gasteiger partial charge in [-0.25, -0.2) is 0 Å². The third kappa shape index (κ3) is 4.81.